The fourth-order valence-electron chi connectivity index (χ4n) is 2.42. The van der Waals surface area contributed by atoms with Gasteiger partial charge in [0.25, 0.3) is 0 Å². The van der Waals surface area contributed by atoms with Crippen molar-refractivity contribution >= 4 is 16.9 Å². The zero-order chi connectivity index (χ0) is 12.3. The van der Waals surface area contributed by atoms with Gasteiger partial charge in [0.05, 0.1) is 6.54 Å². The molecule has 4 heteroatoms. The van der Waals surface area contributed by atoms with Crippen molar-refractivity contribution in [2.24, 2.45) is 10.9 Å². The van der Waals surface area contributed by atoms with Gasteiger partial charge in [-0.05, 0) is 32.4 Å². The molecule has 17 heavy (non-hydrogen) atoms. The van der Waals surface area contributed by atoms with Crippen LogP contribution >= 0.6 is 11.8 Å². The molecule has 0 aromatic rings. The van der Waals surface area contributed by atoms with Crippen molar-refractivity contribution < 1.29 is 0 Å². The number of likely N-dealkylation sites (tertiary alicyclic amines) is 1. The molecule has 2 heterocycles. The second kappa shape index (κ2) is 6.10. The average Bonchev–Trinajstić information content (AvgIpc) is 2.77. The molecule has 2 atom stereocenters. The molecule has 2 aliphatic heterocycles. The Balaban J connectivity index is 1.80. The van der Waals surface area contributed by atoms with Gasteiger partial charge in [0, 0.05) is 17.8 Å². The third kappa shape index (κ3) is 3.62. The summed E-state index contributed by atoms with van der Waals surface area (Å²) in [5, 5.41) is 4.71. The number of likely N-dealkylation sites (N-methyl/N-ethyl adjacent to an activating group) is 1. The summed E-state index contributed by atoms with van der Waals surface area (Å²) in [4.78, 5) is 7.22. The van der Waals surface area contributed by atoms with Crippen LogP contribution in [-0.2, 0) is 0 Å². The summed E-state index contributed by atoms with van der Waals surface area (Å²) in [5.41, 5.74) is 0. The Morgan fingerprint density at radius 3 is 2.94 bits per heavy atom. The molecule has 0 amide bonds. The van der Waals surface area contributed by atoms with Crippen molar-refractivity contribution in [1.29, 1.82) is 0 Å². The van der Waals surface area contributed by atoms with Crippen LogP contribution in [0.15, 0.2) is 4.99 Å². The van der Waals surface area contributed by atoms with Crippen LogP contribution in [0.25, 0.3) is 0 Å². The molecule has 0 aliphatic carbocycles. The van der Waals surface area contributed by atoms with Crippen LogP contribution < -0.4 is 5.32 Å². The summed E-state index contributed by atoms with van der Waals surface area (Å²) < 4.78 is 0. The maximum Gasteiger partial charge on any atom is 0.156 e. The highest BCUT2D eigenvalue weighted by Crippen LogP contribution is 2.20. The molecule has 0 aromatic carbocycles. The highest BCUT2D eigenvalue weighted by molar-refractivity contribution is 8.14. The number of amidine groups is 1. The van der Waals surface area contributed by atoms with Gasteiger partial charge >= 0.3 is 0 Å². The molecule has 2 fully saturated rings. The Hall–Kier alpha value is -0.220. The van der Waals surface area contributed by atoms with Crippen LogP contribution in [-0.4, -0.2) is 48.0 Å². The topological polar surface area (TPSA) is 27.6 Å². The molecule has 2 aliphatic rings. The molecule has 3 nitrogen and oxygen atoms in total. The van der Waals surface area contributed by atoms with Crippen molar-refractivity contribution in [2.75, 3.05) is 25.9 Å². The molecule has 0 aromatic heterocycles. The first-order valence-corrected chi connectivity index (χ1v) is 7.79. The van der Waals surface area contributed by atoms with E-state index in [2.05, 4.69) is 31.1 Å². The molecular weight excluding hydrogens is 230 g/mol. The lowest BCUT2D eigenvalue weighted by molar-refractivity contribution is 0.191. The highest BCUT2D eigenvalue weighted by Gasteiger charge is 2.24. The van der Waals surface area contributed by atoms with E-state index in [9.17, 15) is 0 Å². The third-order valence-electron chi connectivity index (χ3n) is 3.88. The van der Waals surface area contributed by atoms with Crippen LogP contribution in [0.4, 0.5) is 0 Å². The number of aliphatic imine (C=N–C) groups is 1. The minimum atomic E-state index is 0.614. The average molecular weight is 255 g/mol. The Kier molecular flexibility index (Phi) is 4.74. The zero-order valence-corrected chi connectivity index (χ0v) is 12.1. The Morgan fingerprint density at radius 1 is 1.47 bits per heavy atom. The van der Waals surface area contributed by atoms with E-state index in [1.165, 1.54) is 36.7 Å². The molecule has 2 unspecified atom stereocenters. The molecule has 2 saturated heterocycles. The lowest BCUT2D eigenvalue weighted by atomic mass is 10.0. The molecule has 0 bridgehead atoms. The summed E-state index contributed by atoms with van der Waals surface area (Å²) in [6, 6.07) is 1.28. The number of nitrogens with one attached hydrogen (secondary N) is 1. The lowest BCUT2D eigenvalue weighted by Gasteiger charge is -2.31. The van der Waals surface area contributed by atoms with E-state index in [1.807, 2.05) is 11.8 Å². The van der Waals surface area contributed by atoms with Crippen molar-refractivity contribution in [3.8, 4) is 0 Å². The molecular formula is C13H25N3S. The normalized spacial score (nSPS) is 33.3. The predicted molar refractivity (Wildman–Crippen MR) is 76.8 cm³/mol. The van der Waals surface area contributed by atoms with Gasteiger partial charge in [0.2, 0.25) is 0 Å². The summed E-state index contributed by atoms with van der Waals surface area (Å²) >= 11 is 1.89. The lowest BCUT2D eigenvalue weighted by Crippen LogP contribution is -2.39. The van der Waals surface area contributed by atoms with E-state index in [4.69, 9.17) is 4.99 Å². The maximum atomic E-state index is 4.76. The molecule has 98 valence electrons. The molecule has 0 radical (unpaired) electrons. The third-order valence-corrected chi connectivity index (χ3v) is 4.93. The largest absolute Gasteiger partial charge is 0.361 e. The summed E-state index contributed by atoms with van der Waals surface area (Å²) in [6.45, 7) is 6.76. The van der Waals surface area contributed by atoms with Gasteiger partial charge in [-0.15, -0.1) is 0 Å². The molecule has 2 rings (SSSR count). The second-order valence-electron chi connectivity index (χ2n) is 5.58. The Bertz CT molecular complexity index is 278. The SMILES string of the molecule is CC(C)C1CSC(=NCC2CCCCN2C)N1. The van der Waals surface area contributed by atoms with Gasteiger partial charge in [-0.1, -0.05) is 32.0 Å². The monoisotopic (exact) mass is 255 g/mol. The number of thioether (sulfide) groups is 1. The fraction of sp³-hybridized carbons (Fsp3) is 0.923. The van der Waals surface area contributed by atoms with Crippen molar-refractivity contribution in [3.63, 3.8) is 0 Å². The first-order valence-electron chi connectivity index (χ1n) is 6.81. The van der Waals surface area contributed by atoms with Gasteiger partial charge in [0.15, 0.2) is 5.17 Å². The van der Waals surface area contributed by atoms with Crippen LogP contribution in [0.2, 0.25) is 0 Å². The quantitative estimate of drug-likeness (QED) is 0.838. The van der Waals surface area contributed by atoms with E-state index in [1.54, 1.807) is 0 Å². The first kappa shape index (κ1) is 13.2. The number of piperidine rings is 1. The Morgan fingerprint density at radius 2 is 2.29 bits per heavy atom. The smallest absolute Gasteiger partial charge is 0.156 e. The summed E-state index contributed by atoms with van der Waals surface area (Å²) in [5.74, 6) is 1.88. The molecule has 0 saturated carbocycles. The number of rotatable bonds is 3. The number of hydrogen-bond acceptors (Lipinski definition) is 3. The van der Waals surface area contributed by atoms with Crippen LogP contribution in [0.1, 0.15) is 33.1 Å². The fourth-order valence-corrected chi connectivity index (χ4v) is 3.63. The Labute approximate surface area is 109 Å². The van der Waals surface area contributed by atoms with Gasteiger partial charge in [0.1, 0.15) is 0 Å². The summed E-state index contributed by atoms with van der Waals surface area (Å²) in [6.07, 6.45) is 4.03. The van der Waals surface area contributed by atoms with Crippen molar-refractivity contribution in [2.45, 2.75) is 45.2 Å². The van der Waals surface area contributed by atoms with Gasteiger partial charge in [-0.25, -0.2) is 0 Å². The van der Waals surface area contributed by atoms with Gasteiger partial charge in [-0.2, -0.15) is 0 Å². The van der Waals surface area contributed by atoms with E-state index >= 15 is 0 Å². The van der Waals surface area contributed by atoms with Crippen LogP contribution in [0.3, 0.4) is 0 Å². The zero-order valence-electron chi connectivity index (χ0n) is 11.3. The predicted octanol–water partition coefficient (Wildman–Crippen LogP) is 2.19. The molecule has 1 N–H and O–H groups in total. The van der Waals surface area contributed by atoms with Crippen LogP contribution in [0.5, 0.6) is 0 Å². The molecule has 0 spiro atoms. The maximum absolute atomic E-state index is 4.76. The van der Waals surface area contributed by atoms with E-state index in [-0.39, 0.29) is 0 Å². The minimum Gasteiger partial charge on any atom is -0.361 e. The van der Waals surface area contributed by atoms with Crippen molar-refractivity contribution in [1.82, 2.24) is 10.2 Å². The second-order valence-corrected chi connectivity index (χ2v) is 6.59. The van der Waals surface area contributed by atoms with E-state index in [0.717, 1.165) is 6.54 Å². The standard InChI is InChI=1S/C13H25N3S/c1-10(2)12-9-17-13(15-12)14-8-11-6-4-5-7-16(11)3/h10-12H,4-9H2,1-3H3,(H,14,15). The van der Waals surface area contributed by atoms with Crippen molar-refractivity contribution in [3.05, 3.63) is 0 Å². The van der Waals surface area contributed by atoms with Gasteiger partial charge < -0.3 is 10.2 Å². The van der Waals surface area contributed by atoms with Gasteiger partial charge in [-0.3, -0.25) is 4.99 Å². The first-order chi connectivity index (χ1) is 8.16. The number of hydrogen-bond donors (Lipinski definition) is 1. The number of nitrogens with zero attached hydrogens (tertiary/aromatic N) is 2. The van der Waals surface area contributed by atoms with E-state index < -0.39 is 0 Å². The highest BCUT2D eigenvalue weighted by atomic mass is 32.2. The minimum absolute atomic E-state index is 0.614. The summed E-state index contributed by atoms with van der Waals surface area (Å²) in [7, 11) is 2.23. The van der Waals surface area contributed by atoms with E-state index in [0.29, 0.717) is 18.0 Å². The van der Waals surface area contributed by atoms with Crippen LogP contribution in [0, 0.1) is 5.92 Å².